The van der Waals surface area contributed by atoms with Gasteiger partial charge < -0.3 is 11.1 Å². The summed E-state index contributed by atoms with van der Waals surface area (Å²) in [7, 11) is 0. The zero-order valence-electron chi connectivity index (χ0n) is 11.0. The Bertz CT molecular complexity index is 369. The minimum Gasteiger partial charge on any atom is -0.370 e. The molecule has 0 unspecified atom stereocenters. The van der Waals surface area contributed by atoms with Crippen LogP contribution in [-0.2, 0) is 6.54 Å². The van der Waals surface area contributed by atoms with Gasteiger partial charge in [0.15, 0.2) is 5.96 Å². The second kappa shape index (κ2) is 6.94. The fourth-order valence-electron chi connectivity index (χ4n) is 1.53. The number of hydrogen-bond donors (Lipinski definition) is 2. The van der Waals surface area contributed by atoms with Crippen molar-refractivity contribution < 1.29 is 0 Å². The second-order valence-electron chi connectivity index (χ2n) is 4.80. The zero-order chi connectivity index (χ0) is 12.7. The van der Waals surface area contributed by atoms with Gasteiger partial charge in [-0.05, 0) is 24.8 Å². The van der Waals surface area contributed by atoms with E-state index in [1.54, 1.807) is 0 Å². The Hall–Kier alpha value is -1.51. The van der Waals surface area contributed by atoms with Gasteiger partial charge in [-0.25, -0.2) is 4.99 Å². The van der Waals surface area contributed by atoms with Crippen molar-refractivity contribution in [3.63, 3.8) is 0 Å². The van der Waals surface area contributed by atoms with Crippen LogP contribution in [0.15, 0.2) is 29.3 Å². The van der Waals surface area contributed by atoms with Gasteiger partial charge in [-0.15, -0.1) is 0 Å². The molecule has 1 rings (SSSR count). The molecule has 0 aliphatic heterocycles. The average molecular weight is 233 g/mol. The zero-order valence-corrected chi connectivity index (χ0v) is 11.0. The molecule has 1 aromatic carbocycles. The van der Waals surface area contributed by atoms with E-state index in [1.807, 2.05) is 6.07 Å². The summed E-state index contributed by atoms with van der Waals surface area (Å²) in [6, 6.07) is 8.32. The SMILES string of the molecule is Cc1cccc(CN=C(N)NCCC(C)C)c1. The van der Waals surface area contributed by atoms with Gasteiger partial charge in [0.05, 0.1) is 6.54 Å². The van der Waals surface area contributed by atoms with Crippen molar-refractivity contribution in [2.24, 2.45) is 16.6 Å². The quantitative estimate of drug-likeness (QED) is 0.606. The topological polar surface area (TPSA) is 50.4 Å². The maximum atomic E-state index is 5.78. The molecule has 1 aromatic rings. The van der Waals surface area contributed by atoms with Crippen LogP contribution in [0.25, 0.3) is 0 Å². The molecule has 17 heavy (non-hydrogen) atoms. The Kier molecular flexibility index (Phi) is 5.53. The molecule has 0 aliphatic rings. The summed E-state index contributed by atoms with van der Waals surface area (Å²) in [6.07, 6.45) is 1.11. The summed E-state index contributed by atoms with van der Waals surface area (Å²) in [6.45, 7) is 8.00. The number of aliphatic imine (C=N–C) groups is 1. The first kappa shape index (κ1) is 13.6. The number of guanidine groups is 1. The lowest BCUT2D eigenvalue weighted by molar-refractivity contribution is 0.576. The van der Waals surface area contributed by atoms with Gasteiger partial charge in [0.25, 0.3) is 0 Å². The van der Waals surface area contributed by atoms with E-state index in [1.165, 1.54) is 11.1 Å². The molecule has 0 radical (unpaired) electrons. The molecule has 0 fully saturated rings. The summed E-state index contributed by atoms with van der Waals surface area (Å²) in [5, 5.41) is 3.13. The van der Waals surface area contributed by atoms with E-state index in [4.69, 9.17) is 5.73 Å². The van der Waals surface area contributed by atoms with Crippen LogP contribution in [0.4, 0.5) is 0 Å². The van der Waals surface area contributed by atoms with E-state index < -0.39 is 0 Å². The van der Waals surface area contributed by atoms with Crippen LogP contribution < -0.4 is 11.1 Å². The monoisotopic (exact) mass is 233 g/mol. The molecule has 0 bridgehead atoms. The molecule has 0 saturated heterocycles. The van der Waals surface area contributed by atoms with Gasteiger partial charge in [0.2, 0.25) is 0 Å². The van der Waals surface area contributed by atoms with Gasteiger partial charge in [-0.3, -0.25) is 0 Å². The Balaban J connectivity index is 2.37. The third-order valence-electron chi connectivity index (χ3n) is 2.54. The third kappa shape index (κ3) is 5.95. The lowest BCUT2D eigenvalue weighted by Gasteiger charge is -2.07. The predicted octanol–water partition coefficient (Wildman–Crippen LogP) is 2.45. The standard InChI is InChI=1S/C14H23N3/c1-11(2)7-8-16-14(15)17-10-13-6-4-5-12(3)9-13/h4-6,9,11H,7-8,10H2,1-3H3,(H3,15,16,17). The molecule has 3 nitrogen and oxygen atoms in total. The minimum absolute atomic E-state index is 0.534. The molecule has 0 amide bonds. The predicted molar refractivity (Wildman–Crippen MR) is 74.0 cm³/mol. The van der Waals surface area contributed by atoms with Gasteiger partial charge in [-0.2, -0.15) is 0 Å². The van der Waals surface area contributed by atoms with Gasteiger partial charge in [0.1, 0.15) is 0 Å². The number of hydrogen-bond acceptors (Lipinski definition) is 1. The fourth-order valence-corrected chi connectivity index (χ4v) is 1.53. The van der Waals surface area contributed by atoms with E-state index in [2.05, 4.69) is 49.3 Å². The summed E-state index contributed by atoms with van der Waals surface area (Å²) < 4.78 is 0. The largest absolute Gasteiger partial charge is 0.370 e. The van der Waals surface area contributed by atoms with Crippen molar-refractivity contribution >= 4 is 5.96 Å². The highest BCUT2D eigenvalue weighted by Crippen LogP contribution is 2.04. The van der Waals surface area contributed by atoms with E-state index in [9.17, 15) is 0 Å². The van der Waals surface area contributed by atoms with Crippen LogP contribution in [0.2, 0.25) is 0 Å². The maximum Gasteiger partial charge on any atom is 0.188 e. The first-order valence-electron chi connectivity index (χ1n) is 6.17. The maximum absolute atomic E-state index is 5.78. The van der Waals surface area contributed by atoms with Crippen LogP contribution in [0.3, 0.4) is 0 Å². The number of rotatable bonds is 5. The van der Waals surface area contributed by atoms with Gasteiger partial charge in [0, 0.05) is 6.54 Å². The summed E-state index contributed by atoms with van der Waals surface area (Å²) >= 11 is 0. The number of aryl methyl sites for hydroxylation is 1. The third-order valence-corrected chi connectivity index (χ3v) is 2.54. The van der Waals surface area contributed by atoms with Crippen molar-refractivity contribution in [2.75, 3.05) is 6.54 Å². The molecule has 3 heteroatoms. The summed E-state index contributed by atoms with van der Waals surface area (Å²) in [4.78, 5) is 4.32. The highest BCUT2D eigenvalue weighted by atomic mass is 15.1. The Morgan fingerprint density at radius 3 is 2.82 bits per heavy atom. The minimum atomic E-state index is 0.534. The van der Waals surface area contributed by atoms with Crippen LogP contribution >= 0.6 is 0 Å². The summed E-state index contributed by atoms with van der Waals surface area (Å²) in [5.41, 5.74) is 8.23. The molecule has 0 heterocycles. The average Bonchev–Trinajstić information content (AvgIpc) is 2.26. The second-order valence-corrected chi connectivity index (χ2v) is 4.80. The van der Waals surface area contributed by atoms with Crippen LogP contribution in [0.1, 0.15) is 31.4 Å². The smallest absolute Gasteiger partial charge is 0.188 e. The van der Waals surface area contributed by atoms with E-state index in [0.29, 0.717) is 18.4 Å². The lowest BCUT2D eigenvalue weighted by atomic mass is 10.1. The number of nitrogens with zero attached hydrogens (tertiary/aromatic N) is 1. The molecule has 0 aliphatic carbocycles. The first-order valence-corrected chi connectivity index (χ1v) is 6.17. The lowest BCUT2D eigenvalue weighted by Crippen LogP contribution is -2.32. The van der Waals surface area contributed by atoms with Gasteiger partial charge in [-0.1, -0.05) is 43.7 Å². The molecular weight excluding hydrogens is 210 g/mol. The Morgan fingerprint density at radius 2 is 2.18 bits per heavy atom. The van der Waals surface area contributed by atoms with Crippen LogP contribution in [-0.4, -0.2) is 12.5 Å². The molecule has 0 saturated carbocycles. The molecule has 0 spiro atoms. The molecule has 0 atom stereocenters. The van der Waals surface area contributed by atoms with E-state index in [-0.39, 0.29) is 0 Å². The van der Waals surface area contributed by atoms with Crippen molar-refractivity contribution in [3.05, 3.63) is 35.4 Å². The Morgan fingerprint density at radius 1 is 1.41 bits per heavy atom. The molecule has 94 valence electrons. The highest BCUT2D eigenvalue weighted by Gasteiger charge is 1.96. The number of nitrogens with one attached hydrogen (secondary N) is 1. The van der Waals surface area contributed by atoms with E-state index >= 15 is 0 Å². The van der Waals surface area contributed by atoms with E-state index in [0.717, 1.165) is 13.0 Å². The Labute approximate surface area is 104 Å². The van der Waals surface area contributed by atoms with Crippen molar-refractivity contribution in [1.29, 1.82) is 0 Å². The fraction of sp³-hybridized carbons (Fsp3) is 0.500. The van der Waals surface area contributed by atoms with Crippen LogP contribution in [0.5, 0.6) is 0 Å². The van der Waals surface area contributed by atoms with Crippen molar-refractivity contribution in [1.82, 2.24) is 5.32 Å². The number of nitrogens with two attached hydrogens (primary N) is 1. The van der Waals surface area contributed by atoms with Crippen LogP contribution in [0, 0.1) is 12.8 Å². The van der Waals surface area contributed by atoms with Crippen molar-refractivity contribution in [2.45, 2.75) is 33.7 Å². The molecule has 0 aromatic heterocycles. The normalized spacial score (nSPS) is 11.9. The first-order chi connectivity index (χ1) is 8.08. The van der Waals surface area contributed by atoms with Crippen molar-refractivity contribution in [3.8, 4) is 0 Å². The molecule has 3 N–H and O–H groups in total. The summed E-state index contributed by atoms with van der Waals surface area (Å²) in [5.74, 6) is 1.22. The van der Waals surface area contributed by atoms with Gasteiger partial charge >= 0.3 is 0 Å². The number of benzene rings is 1. The highest BCUT2D eigenvalue weighted by molar-refractivity contribution is 5.77. The molecular formula is C14H23N3.